The number of fused-ring (bicyclic) bond motifs is 1. The van der Waals surface area contributed by atoms with E-state index in [4.69, 9.17) is 9.47 Å². The van der Waals surface area contributed by atoms with E-state index in [9.17, 15) is 14.4 Å². The number of hydrogen-bond donors (Lipinski definition) is 1. The van der Waals surface area contributed by atoms with E-state index in [-0.39, 0.29) is 17.5 Å². The zero-order chi connectivity index (χ0) is 24.2. The van der Waals surface area contributed by atoms with Crippen molar-refractivity contribution in [3.63, 3.8) is 0 Å². The average Bonchev–Trinajstić information content (AvgIpc) is 3.27. The van der Waals surface area contributed by atoms with Crippen molar-refractivity contribution >= 4 is 28.9 Å². The predicted octanol–water partition coefficient (Wildman–Crippen LogP) is 4.38. The van der Waals surface area contributed by atoms with Crippen LogP contribution in [0.15, 0.2) is 66.9 Å². The van der Waals surface area contributed by atoms with E-state index >= 15 is 0 Å². The second kappa shape index (κ2) is 9.58. The Morgan fingerprint density at radius 3 is 2.53 bits per heavy atom. The van der Waals surface area contributed by atoms with Crippen LogP contribution in [0.5, 0.6) is 5.75 Å². The van der Waals surface area contributed by atoms with Crippen LogP contribution in [0.4, 0.5) is 5.69 Å². The topological polar surface area (TPSA) is 99.0 Å². The molecule has 0 aliphatic heterocycles. The first-order chi connectivity index (χ1) is 16.5. The number of pyridine rings is 1. The third-order valence-electron chi connectivity index (χ3n) is 5.37. The number of anilines is 1. The Morgan fingerprint density at radius 2 is 1.79 bits per heavy atom. The molecule has 34 heavy (non-hydrogen) atoms. The predicted molar refractivity (Wildman–Crippen MR) is 127 cm³/mol. The third-order valence-corrected chi connectivity index (χ3v) is 5.37. The molecule has 1 amide bonds. The van der Waals surface area contributed by atoms with Gasteiger partial charge in [0.1, 0.15) is 5.75 Å². The van der Waals surface area contributed by atoms with Gasteiger partial charge in [0.15, 0.2) is 5.82 Å². The van der Waals surface area contributed by atoms with Crippen LogP contribution in [-0.2, 0) is 9.53 Å². The minimum Gasteiger partial charge on any atom is -0.495 e. The molecule has 4 rings (SSSR count). The molecule has 2 aromatic heterocycles. The molecule has 0 spiro atoms. The van der Waals surface area contributed by atoms with Crippen molar-refractivity contribution in [2.24, 2.45) is 0 Å². The Hall–Kier alpha value is -4.46. The van der Waals surface area contributed by atoms with E-state index in [0.29, 0.717) is 45.8 Å². The van der Waals surface area contributed by atoms with Crippen LogP contribution in [0.25, 0.3) is 16.8 Å². The molecule has 0 atom stereocenters. The standard InChI is InChI=1S/C26H23N3O5/c1-4-22(30)27-19-12-11-17(15-21(19)33-2)24(31)25-28-23(20-10-5-6-13-29(20)25)16-8-7-9-18(14-16)26(32)34-3/h5-15H,4H2,1-3H3,(H,27,30). The molecule has 0 bridgehead atoms. The fraction of sp³-hybridized carbons (Fsp3) is 0.154. The first kappa shape index (κ1) is 22.7. The molecule has 0 unspecified atom stereocenters. The highest BCUT2D eigenvalue weighted by molar-refractivity contribution is 6.09. The van der Waals surface area contributed by atoms with Crippen LogP contribution >= 0.6 is 0 Å². The number of benzene rings is 2. The summed E-state index contributed by atoms with van der Waals surface area (Å²) >= 11 is 0. The largest absolute Gasteiger partial charge is 0.495 e. The number of imidazole rings is 1. The number of nitrogens with one attached hydrogen (secondary N) is 1. The van der Waals surface area contributed by atoms with Gasteiger partial charge < -0.3 is 14.8 Å². The molecule has 0 fully saturated rings. The highest BCUT2D eigenvalue weighted by Gasteiger charge is 2.21. The first-order valence-electron chi connectivity index (χ1n) is 10.6. The maximum atomic E-state index is 13.5. The molecule has 1 N–H and O–H groups in total. The number of carbonyl (C=O) groups excluding carboxylic acids is 3. The van der Waals surface area contributed by atoms with Crippen LogP contribution in [-0.4, -0.2) is 41.3 Å². The molecular weight excluding hydrogens is 434 g/mol. The van der Waals surface area contributed by atoms with Gasteiger partial charge in [0.2, 0.25) is 11.7 Å². The molecule has 0 aliphatic carbocycles. The number of amides is 1. The van der Waals surface area contributed by atoms with Gasteiger partial charge in [-0.2, -0.15) is 0 Å². The van der Waals surface area contributed by atoms with Gasteiger partial charge in [0.05, 0.1) is 36.7 Å². The molecule has 0 radical (unpaired) electrons. The number of methoxy groups -OCH3 is 2. The van der Waals surface area contributed by atoms with Crippen LogP contribution in [0.3, 0.4) is 0 Å². The quantitative estimate of drug-likeness (QED) is 0.327. The summed E-state index contributed by atoms with van der Waals surface area (Å²) in [7, 11) is 2.80. The van der Waals surface area contributed by atoms with Crippen molar-refractivity contribution in [3.05, 3.63) is 83.8 Å². The van der Waals surface area contributed by atoms with Gasteiger partial charge in [-0.15, -0.1) is 0 Å². The summed E-state index contributed by atoms with van der Waals surface area (Å²) in [4.78, 5) is 41.9. The second-order valence-corrected chi connectivity index (χ2v) is 7.46. The van der Waals surface area contributed by atoms with Crippen LogP contribution < -0.4 is 10.1 Å². The molecule has 0 saturated heterocycles. The number of ketones is 1. The zero-order valence-electron chi connectivity index (χ0n) is 19.0. The number of carbonyl (C=O) groups is 3. The minimum absolute atomic E-state index is 0.157. The molecule has 8 nitrogen and oxygen atoms in total. The van der Waals surface area contributed by atoms with E-state index in [0.717, 1.165) is 0 Å². The summed E-state index contributed by atoms with van der Waals surface area (Å²) in [6, 6.07) is 17.3. The van der Waals surface area contributed by atoms with Gasteiger partial charge in [0, 0.05) is 23.7 Å². The summed E-state index contributed by atoms with van der Waals surface area (Å²) in [5, 5.41) is 2.76. The highest BCUT2D eigenvalue weighted by atomic mass is 16.5. The van der Waals surface area contributed by atoms with E-state index in [1.165, 1.54) is 14.2 Å². The molecule has 4 aromatic rings. The fourth-order valence-corrected chi connectivity index (χ4v) is 3.63. The van der Waals surface area contributed by atoms with Crippen molar-refractivity contribution in [2.75, 3.05) is 19.5 Å². The fourth-order valence-electron chi connectivity index (χ4n) is 3.63. The van der Waals surface area contributed by atoms with Gasteiger partial charge in [-0.3, -0.25) is 14.0 Å². The average molecular weight is 457 g/mol. The van der Waals surface area contributed by atoms with Crippen molar-refractivity contribution in [3.8, 4) is 17.0 Å². The van der Waals surface area contributed by atoms with Crippen molar-refractivity contribution in [2.45, 2.75) is 13.3 Å². The lowest BCUT2D eigenvalue weighted by Gasteiger charge is -2.11. The molecule has 8 heteroatoms. The Kier molecular flexibility index (Phi) is 6.40. The highest BCUT2D eigenvalue weighted by Crippen LogP contribution is 2.30. The first-order valence-corrected chi connectivity index (χ1v) is 10.6. The number of esters is 1. The molecular formula is C26H23N3O5. The van der Waals surface area contributed by atoms with Gasteiger partial charge in [-0.1, -0.05) is 25.1 Å². The zero-order valence-corrected chi connectivity index (χ0v) is 19.0. The van der Waals surface area contributed by atoms with E-state index in [1.54, 1.807) is 53.9 Å². The van der Waals surface area contributed by atoms with Gasteiger partial charge in [0.25, 0.3) is 0 Å². The van der Waals surface area contributed by atoms with E-state index in [1.807, 2.05) is 24.3 Å². The summed E-state index contributed by atoms with van der Waals surface area (Å²) in [6.07, 6.45) is 2.08. The number of hydrogen-bond acceptors (Lipinski definition) is 6. The Labute approximate surface area is 196 Å². The number of aromatic nitrogens is 2. The number of ether oxygens (including phenoxy) is 2. The normalized spacial score (nSPS) is 10.7. The van der Waals surface area contributed by atoms with Crippen molar-refractivity contribution in [1.82, 2.24) is 9.38 Å². The summed E-state index contributed by atoms with van der Waals surface area (Å²) < 4.78 is 11.9. The molecule has 2 heterocycles. The number of rotatable bonds is 7. The summed E-state index contributed by atoms with van der Waals surface area (Å²) in [5.41, 5.74) is 3.19. The molecule has 0 saturated carbocycles. The van der Waals surface area contributed by atoms with Crippen molar-refractivity contribution < 1.29 is 23.9 Å². The molecule has 2 aromatic carbocycles. The lowest BCUT2D eigenvalue weighted by atomic mass is 10.1. The third kappa shape index (κ3) is 4.25. The van der Waals surface area contributed by atoms with Crippen LogP contribution in [0, 0.1) is 0 Å². The number of nitrogens with zero attached hydrogens (tertiary/aromatic N) is 2. The summed E-state index contributed by atoms with van der Waals surface area (Å²) in [5.74, 6) is -0.344. The SMILES string of the molecule is CCC(=O)Nc1ccc(C(=O)c2nc(-c3cccc(C(=O)OC)c3)c3ccccn23)cc1OC. The Morgan fingerprint density at radius 1 is 0.971 bits per heavy atom. The molecule has 0 aliphatic rings. The second-order valence-electron chi connectivity index (χ2n) is 7.46. The van der Waals surface area contributed by atoms with Gasteiger partial charge in [-0.05, 0) is 42.5 Å². The van der Waals surface area contributed by atoms with E-state index in [2.05, 4.69) is 10.3 Å². The maximum Gasteiger partial charge on any atom is 0.337 e. The lowest BCUT2D eigenvalue weighted by molar-refractivity contribution is -0.115. The maximum absolute atomic E-state index is 13.5. The Balaban J connectivity index is 1.79. The van der Waals surface area contributed by atoms with Crippen LogP contribution in [0.1, 0.15) is 39.9 Å². The monoisotopic (exact) mass is 457 g/mol. The Bertz CT molecular complexity index is 1410. The van der Waals surface area contributed by atoms with Gasteiger partial charge >= 0.3 is 5.97 Å². The van der Waals surface area contributed by atoms with Gasteiger partial charge in [-0.25, -0.2) is 9.78 Å². The molecule has 172 valence electrons. The summed E-state index contributed by atoms with van der Waals surface area (Å²) in [6.45, 7) is 1.75. The lowest BCUT2D eigenvalue weighted by Crippen LogP contribution is -2.12. The van der Waals surface area contributed by atoms with Crippen LogP contribution in [0.2, 0.25) is 0 Å². The minimum atomic E-state index is -0.455. The van der Waals surface area contributed by atoms with Crippen molar-refractivity contribution in [1.29, 1.82) is 0 Å². The van der Waals surface area contributed by atoms with E-state index < -0.39 is 5.97 Å². The smallest absolute Gasteiger partial charge is 0.337 e.